The van der Waals surface area contributed by atoms with Crippen molar-refractivity contribution in [3.05, 3.63) is 130 Å². The average Bonchev–Trinajstić information content (AvgIpc) is 2.34. The Bertz CT molecular complexity index is 3630. The second kappa shape index (κ2) is 28.1. The second-order valence-corrected chi connectivity index (χ2v) is 43.7. The van der Waals surface area contributed by atoms with Crippen LogP contribution in [0.2, 0.25) is 0 Å². The number of aliphatic hydroxyl groups is 6. The van der Waals surface area contributed by atoms with E-state index in [0.29, 0.717) is 32.3 Å². The summed E-state index contributed by atoms with van der Waals surface area (Å²) < 4.78 is 34.4. The van der Waals surface area contributed by atoms with Crippen molar-refractivity contribution in [3.8, 4) is 0 Å². The van der Waals surface area contributed by atoms with Crippen molar-refractivity contribution in [2.75, 3.05) is 91.7 Å². The maximum atomic E-state index is 11.9. The van der Waals surface area contributed by atoms with Crippen molar-refractivity contribution >= 4 is 52.7 Å². The van der Waals surface area contributed by atoms with Gasteiger partial charge in [-0.25, -0.2) is 19.2 Å². The molecular formula is C56H90N8O20P4. The van der Waals surface area contributed by atoms with E-state index in [1.165, 1.54) is 38.8 Å². The van der Waals surface area contributed by atoms with Gasteiger partial charge in [-0.15, -0.1) is 52.7 Å². The predicted molar refractivity (Wildman–Crippen MR) is 347 cm³/mol. The first-order chi connectivity index (χ1) is 40.5. The highest BCUT2D eigenvalue weighted by molar-refractivity contribution is 7.73. The molecule has 4 aromatic rings. The number of aliphatic hydroxyl groups excluding tert-OH is 5. The number of fused-ring (bicyclic) bond motifs is 2. The Labute approximate surface area is 507 Å². The lowest BCUT2D eigenvalue weighted by Gasteiger charge is -2.31. The SMILES string of the molecule is C=P(C)(C)CC[C@@]1(C)O[C@@H](c2c[nH]c(=O)[nH]c2=O)[C@H](O)[C@@H]1O.C=P(C)(C)CC[C@@]12CO[C@@H]([C@H](c3c[nH]c(=O)[nH]c3=O)O1)[C@@H]2O.C=P(C)(C)CC[C@H]1O[C@@H](c2c[nH]c(=O)[nH]c2=O)[C@H](OC)[C@@H]1O.C=P(C)(C)CC[C@H]1O[C@@H](c2c[nH]c(=O)[nH]c2=O)[C@](C)(O)[C@@H]1O. The number of nitrogens with one attached hydrogen (secondary N) is 8. The third kappa shape index (κ3) is 17.9. The van der Waals surface area contributed by atoms with Crippen LogP contribution in [0.1, 0.15) is 86.2 Å². The van der Waals surface area contributed by atoms with Gasteiger partial charge in [0.05, 0.1) is 46.7 Å². The van der Waals surface area contributed by atoms with E-state index in [-0.39, 0.29) is 22.3 Å². The van der Waals surface area contributed by atoms with Gasteiger partial charge < -0.3 is 79.0 Å². The molecule has 4 aromatic heterocycles. The summed E-state index contributed by atoms with van der Waals surface area (Å²) in [6.45, 7) is 15.2. The van der Waals surface area contributed by atoms with Crippen molar-refractivity contribution < 1.29 is 59.1 Å². The lowest BCUT2D eigenvalue weighted by molar-refractivity contribution is -0.148. The van der Waals surface area contributed by atoms with Crippen LogP contribution in [-0.4, -0.2) is 259 Å². The molecule has 494 valence electrons. The van der Waals surface area contributed by atoms with Gasteiger partial charge in [-0.1, -0.05) is 0 Å². The van der Waals surface area contributed by atoms with Crippen LogP contribution < -0.4 is 45.0 Å². The van der Waals surface area contributed by atoms with Crippen molar-refractivity contribution in [2.45, 2.75) is 136 Å². The maximum Gasteiger partial charge on any atom is 0.325 e. The molecule has 32 heteroatoms. The van der Waals surface area contributed by atoms with Crippen LogP contribution in [-0.2, 0) is 28.4 Å². The number of aromatic nitrogens is 8. The minimum Gasteiger partial charge on any atom is -0.388 e. The van der Waals surface area contributed by atoms with Crippen LogP contribution in [0, 0.1) is 0 Å². The highest BCUT2D eigenvalue weighted by Gasteiger charge is 2.61. The molecule has 0 aliphatic carbocycles. The van der Waals surface area contributed by atoms with Gasteiger partial charge >= 0.3 is 22.8 Å². The zero-order chi connectivity index (χ0) is 66.0. The molecule has 0 amide bonds. The average molecular weight is 1320 g/mol. The van der Waals surface area contributed by atoms with E-state index in [1.54, 1.807) is 6.92 Å². The Morgan fingerprint density at radius 1 is 0.523 bits per heavy atom. The molecule has 0 radical (unpaired) electrons. The molecular weight excluding hydrogens is 1230 g/mol. The monoisotopic (exact) mass is 1320 g/mol. The Hall–Kier alpha value is -4.56. The molecule has 2 bridgehead atoms. The Balaban J connectivity index is 0.000000187. The Morgan fingerprint density at radius 2 is 0.932 bits per heavy atom. The van der Waals surface area contributed by atoms with Gasteiger partial charge in [-0.2, -0.15) is 0 Å². The normalized spacial score (nSPS) is 31.9. The van der Waals surface area contributed by atoms with Crippen molar-refractivity contribution in [2.24, 2.45) is 0 Å². The summed E-state index contributed by atoms with van der Waals surface area (Å²) >= 11 is 0. The molecule has 9 heterocycles. The molecule has 88 heavy (non-hydrogen) atoms. The fraction of sp³-hybridized carbons (Fsp3) is 0.643. The zero-order valence-corrected chi connectivity index (χ0v) is 55.3. The summed E-state index contributed by atoms with van der Waals surface area (Å²) in [5, 5.41) is 62.3. The van der Waals surface area contributed by atoms with Gasteiger partial charge in [0.25, 0.3) is 22.2 Å². The topological polar surface area (TPSA) is 440 Å². The molecule has 0 aromatic carbocycles. The fourth-order valence-electron chi connectivity index (χ4n) is 10.8. The van der Waals surface area contributed by atoms with E-state index >= 15 is 0 Å². The maximum absolute atomic E-state index is 11.9. The minimum absolute atomic E-state index is 0.0924. The number of H-pyrrole nitrogens is 8. The number of hydrogen-bond donors (Lipinski definition) is 14. The lowest BCUT2D eigenvalue weighted by atomic mass is 9.89. The van der Waals surface area contributed by atoms with E-state index < -0.39 is 169 Å². The van der Waals surface area contributed by atoms with Gasteiger partial charge in [-0.05, 0) is 117 Å². The standard InChI is InChI=1S/C14H21N2O5P.3C14H23N2O5P/c1-22(2,3)5-4-14-7-20-10(11(14)17)9(21-14)8-6-15-13(19)16-12(8)18;1-14(5-6-22(2,3)4)11(18)9(17)10(21-14)8-7-15-13(20)16-12(8)19;1-20-12-10(17)9(5-6-22(2,3)4)21-11(12)8-7-15-14(19)16-13(8)18;1-14(20)10(17)9(5-6-22(2,3)4)21-11(14)8-7-15-13(19)16-12(8)18/h6,9-11,17H,1,4-5,7H2,2-3H3,(H2,15,16,18,19);7,9-11,17-18H,2,5-6H2,1,3-4H3,(H2,15,16,19,20);7,9-12,17H,2,5-6H2,1,3-4H3,(H2,15,16,18,19);7,9-11,17,20H,2,5-6H2,1,3-4H3,(H2,15,16,18,19)/t9-,10-,11-,14-;9-,10-,11-,14+;9-,10-,11+,12-;9-,10-,11+,14-/m0011/s1. The molecule has 5 aliphatic heterocycles. The molecule has 5 fully saturated rings. The number of aromatic amines is 8. The molecule has 16 atom stereocenters. The molecule has 14 N–H and O–H groups in total. The van der Waals surface area contributed by atoms with Crippen molar-refractivity contribution in [3.63, 3.8) is 0 Å². The number of hydrogen-bond acceptors (Lipinski definition) is 20. The molecule has 5 saturated heterocycles. The molecule has 9 rings (SSSR count). The third-order valence-electron chi connectivity index (χ3n) is 16.1. The van der Waals surface area contributed by atoms with Gasteiger partial charge in [0.1, 0.15) is 78.3 Å². The fourth-order valence-corrected chi connectivity index (χ4v) is 14.8. The van der Waals surface area contributed by atoms with Crippen LogP contribution in [0.25, 0.3) is 0 Å². The third-order valence-corrected chi connectivity index (χ3v) is 21.9. The second-order valence-electron chi connectivity index (χ2n) is 26.4. The summed E-state index contributed by atoms with van der Waals surface area (Å²) in [5.41, 5.74) is -7.38. The van der Waals surface area contributed by atoms with Crippen LogP contribution in [0.5, 0.6) is 0 Å². The first-order valence-electron chi connectivity index (χ1n) is 28.4. The van der Waals surface area contributed by atoms with E-state index in [9.17, 15) is 69.0 Å². The summed E-state index contributed by atoms with van der Waals surface area (Å²) in [5.74, 6) is 0. The highest BCUT2D eigenvalue weighted by Crippen LogP contribution is 2.51. The Morgan fingerprint density at radius 3 is 1.36 bits per heavy atom. The highest BCUT2D eigenvalue weighted by atomic mass is 31.2. The van der Waals surface area contributed by atoms with Gasteiger partial charge in [-0.3, -0.25) is 39.1 Å². The number of methoxy groups -OCH3 is 1. The Kier molecular flexibility index (Phi) is 23.2. The van der Waals surface area contributed by atoms with Gasteiger partial charge in [0.2, 0.25) is 0 Å². The molecule has 5 aliphatic rings. The van der Waals surface area contributed by atoms with Crippen LogP contribution in [0.15, 0.2) is 63.1 Å². The largest absolute Gasteiger partial charge is 0.388 e. The minimum atomic E-state index is -1.61. The van der Waals surface area contributed by atoms with Gasteiger partial charge in [0, 0.05) is 31.9 Å². The van der Waals surface area contributed by atoms with Crippen molar-refractivity contribution in [1.29, 1.82) is 0 Å². The van der Waals surface area contributed by atoms with Crippen LogP contribution in [0.4, 0.5) is 0 Å². The number of rotatable bonds is 17. The first kappa shape index (κ1) is 72.5. The molecule has 0 unspecified atom stereocenters. The van der Waals surface area contributed by atoms with Crippen LogP contribution in [0.3, 0.4) is 0 Å². The van der Waals surface area contributed by atoms with Crippen molar-refractivity contribution in [1.82, 2.24) is 39.9 Å². The summed E-state index contributed by atoms with van der Waals surface area (Å²) in [4.78, 5) is 110. The smallest absolute Gasteiger partial charge is 0.325 e. The summed E-state index contributed by atoms with van der Waals surface area (Å²) in [6, 6.07) is 0. The predicted octanol–water partition coefficient (Wildman–Crippen LogP) is -0.861. The lowest BCUT2D eigenvalue weighted by Crippen LogP contribution is -2.43. The quantitative estimate of drug-likeness (QED) is 0.0572. The van der Waals surface area contributed by atoms with Crippen LogP contribution >= 0.6 is 27.5 Å². The molecule has 0 spiro atoms. The van der Waals surface area contributed by atoms with E-state index in [0.717, 1.165) is 24.6 Å². The summed E-state index contributed by atoms with van der Waals surface area (Å²) in [6.07, 6.45) is 16.7. The van der Waals surface area contributed by atoms with Gasteiger partial charge in [0.15, 0.2) is 0 Å². The van der Waals surface area contributed by atoms with E-state index in [1.807, 2.05) is 0 Å². The van der Waals surface area contributed by atoms with E-state index in [2.05, 4.69) is 118 Å². The molecule has 0 saturated carbocycles. The zero-order valence-electron chi connectivity index (χ0n) is 51.7. The molecule has 28 nitrogen and oxygen atoms in total. The number of ether oxygens (including phenoxy) is 6. The van der Waals surface area contributed by atoms with E-state index in [4.69, 9.17) is 28.4 Å². The summed E-state index contributed by atoms with van der Waals surface area (Å²) in [7, 11) is 1.46. The first-order valence-corrected chi connectivity index (χ1v) is 40.6.